The van der Waals surface area contributed by atoms with Crippen molar-refractivity contribution in [3.05, 3.63) is 32.8 Å². The van der Waals surface area contributed by atoms with Crippen molar-refractivity contribution in [3.8, 4) is 12.3 Å². The molecule has 2 atom stereocenters. The topological polar surface area (TPSA) is 12.0 Å². The van der Waals surface area contributed by atoms with Crippen molar-refractivity contribution in [2.24, 2.45) is 0 Å². The molecule has 0 saturated heterocycles. The van der Waals surface area contributed by atoms with Gasteiger partial charge in [0.25, 0.3) is 0 Å². The number of terminal acetylenes is 1. The van der Waals surface area contributed by atoms with Crippen molar-refractivity contribution >= 4 is 34.8 Å². The molecular weight excluding hydrogens is 289 g/mol. The van der Waals surface area contributed by atoms with Crippen molar-refractivity contribution in [3.63, 3.8) is 0 Å². The molecule has 0 radical (unpaired) electrons. The Labute approximate surface area is 124 Å². The molecule has 0 aromatic heterocycles. The van der Waals surface area contributed by atoms with Crippen molar-refractivity contribution in [2.45, 2.75) is 38.8 Å². The lowest BCUT2D eigenvalue weighted by molar-refractivity contribution is 0.449. The third kappa shape index (κ3) is 3.80. The lowest BCUT2D eigenvalue weighted by Crippen LogP contribution is -2.30. The van der Waals surface area contributed by atoms with Gasteiger partial charge in [-0.3, -0.25) is 0 Å². The van der Waals surface area contributed by atoms with E-state index in [2.05, 4.69) is 18.2 Å². The summed E-state index contributed by atoms with van der Waals surface area (Å²) in [7, 11) is 0. The number of halogens is 3. The highest BCUT2D eigenvalue weighted by Crippen LogP contribution is 2.35. The van der Waals surface area contributed by atoms with Crippen molar-refractivity contribution in [2.75, 3.05) is 0 Å². The van der Waals surface area contributed by atoms with E-state index in [1.54, 1.807) is 6.07 Å². The third-order valence-electron chi connectivity index (χ3n) is 2.87. The predicted octanol–water partition coefficient (Wildman–Crippen LogP) is 5.10. The molecule has 2 unspecified atom stereocenters. The summed E-state index contributed by atoms with van der Waals surface area (Å²) in [6.07, 6.45) is 7.00. The SMILES string of the molecule is C#CCC(CC)NC(C)c1ccc(Cl)c(Cl)c1Cl. The van der Waals surface area contributed by atoms with Gasteiger partial charge in [-0.05, 0) is 25.0 Å². The Kier molecular flexibility index (Phi) is 6.32. The largest absolute Gasteiger partial charge is 0.306 e. The van der Waals surface area contributed by atoms with E-state index in [1.807, 2.05) is 13.0 Å². The molecule has 1 N–H and O–H groups in total. The van der Waals surface area contributed by atoms with Crippen LogP contribution in [0.2, 0.25) is 15.1 Å². The van der Waals surface area contributed by atoms with Crippen LogP contribution in [0.25, 0.3) is 0 Å². The van der Waals surface area contributed by atoms with E-state index in [0.717, 1.165) is 12.0 Å². The number of rotatable bonds is 5. The van der Waals surface area contributed by atoms with Crippen LogP contribution in [-0.4, -0.2) is 6.04 Å². The fourth-order valence-electron chi connectivity index (χ4n) is 1.78. The number of hydrogen-bond acceptors (Lipinski definition) is 1. The molecule has 0 aliphatic carbocycles. The van der Waals surface area contributed by atoms with Gasteiger partial charge in [0.2, 0.25) is 0 Å². The normalized spacial score (nSPS) is 14.0. The van der Waals surface area contributed by atoms with Crippen molar-refractivity contribution < 1.29 is 0 Å². The highest BCUT2D eigenvalue weighted by molar-refractivity contribution is 6.48. The maximum absolute atomic E-state index is 6.20. The van der Waals surface area contributed by atoms with Gasteiger partial charge in [-0.25, -0.2) is 0 Å². The van der Waals surface area contributed by atoms with Crippen molar-refractivity contribution in [1.29, 1.82) is 0 Å². The molecule has 1 nitrogen and oxygen atoms in total. The van der Waals surface area contributed by atoms with Gasteiger partial charge in [0.05, 0.1) is 15.1 Å². The van der Waals surface area contributed by atoms with E-state index in [0.29, 0.717) is 21.5 Å². The Morgan fingerprint density at radius 1 is 1.28 bits per heavy atom. The lowest BCUT2D eigenvalue weighted by atomic mass is 10.1. The summed E-state index contributed by atoms with van der Waals surface area (Å²) in [6, 6.07) is 3.99. The molecule has 0 spiro atoms. The van der Waals surface area contributed by atoms with Gasteiger partial charge in [0, 0.05) is 18.5 Å². The minimum atomic E-state index is 0.0746. The molecule has 0 bridgehead atoms. The molecule has 0 amide bonds. The number of benzene rings is 1. The summed E-state index contributed by atoms with van der Waals surface area (Å²) in [6.45, 7) is 4.13. The number of nitrogens with one attached hydrogen (secondary N) is 1. The van der Waals surface area contributed by atoms with E-state index in [1.165, 1.54) is 0 Å². The maximum Gasteiger partial charge on any atom is 0.0781 e. The quantitative estimate of drug-likeness (QED) is 0.589. The Hall–Kier alpha value is -0.390. The molecule has 0 heterocycles. The van der Waals surface area contributed by atoms with Crippen LogP contribution in [0.4, 0.5) is 0 Å². The first-order valence-electron chi connectivity index (χ1n) is 5.84. The fourth-order valence-corrected chi connectivity index (χ4v) is 2.49. The molecule has 1 aromatic rings. The lowest BCUT2D eigenvalue weighted by Gasteiger charge is -2.22. The smallest absolute Gasteiger partial charge is 0.0781 e. The molecule has 0 aliphatic heterocycles. The molecule has 4 heteroatoms. The monoisotopic (exact) mass is 303 g/mol. The van der Waals surface area contributed by atoms with Crippen LogP contribution in [-0.2, 0) is 0 Å². The van der Waals surface area contributed by atoms with Crippen LogP contribution < -0.4 is 5.32 Å². The molecule has 0 fully saturated rings. The summed E-state index contributed by atoms with van der Waals surface area (Å²) >= 11 is 18.1. The summed E-state index contributed by atoms with van der Waals surface area (Å²) in [5.74, 6) is 2.67. The average Bonchev–Trinajstić information content (AvgIpc) is 2.35. The Morgan fingerprint density at radius 2 is 1.94 bits per heavy atom. The molecule has 0 saturated carbocycles. The molecule has 18 heavy (non-hydrogen) atoms. The van der Waals surface area contributed by atoms with Crippen molar-refractivity contribution in [1.82, 2.24) is 5.32 Å². The van der Waals surface area contributed by atoms with Crippen LogP contribution in [0.3, 0.4) is 0 Å². The first kappa shape index (κ1) is 15.7. The molecular formula is C14H16Cl3N. The third-order valence-corrected chi connectivity index (χ3v) is 4.18. The second-order valence-electron chi connectivity index (χ2n) is 4.17. The van der Waals surface area contributed by atoms with E-state index >= 15 is 0 Å². The Morgan fingerprint density at radius 3 is 2.50 bits per heavy atom. The second kappa shape index (κ2) is 7.26. The van der Waals surface area contributed by atoms with Crippen LogP contribution in [0.1, 0.15) is 38.3 Å². The van der Waals surface area contributed by atoms with Gasteiger partial charge in [-0.2, -0.15) is 0 Å². The van der Waals surface area contributed by atoms with Crippen LogP contribution in [0, 0.1) is 12.3 Å². The van der Waals surface area contributed by atoms with Crippen LogP contribution in [0.15, 0.2) is 12.1 Å². The predicted molar refractivity (Wildman–Crippen MR) is 80.6 cm³/mol. The Bertz CT molecular complexity index is 451. The number of hydrogen-bond donors (Lipinski definition) is 1. The second-order valence-corrected chi connectivity index (χ2v) is 5.33. The molecule has 1 aromatic carbocycles. The average molecular weight is 305 g/mol. The summed E-state index contributed by atoms with van der Waals surface area (Å²) in [4.78, 5) is 0. The molecule has 1 rings (SSSR count). The first-order chi connectivity index (χ1) is 8.51. The van der Waals surface area contributed by atoms with Crippen LogP contribution >= 0.6 is 34.8 Å². The first-order valence-corrected chi connectivity index (χ1v) is 6.97. The zero-order valence-electron chi connectivity index (χ0n) is 10.4. The summed E-state index contributed by atoms with van der Waals surface area (Å²) in [5.41, 5.74) is 0.932. The maximum atomic E-state index is 6.20. The van der Waals surface area contributed by atoms with E-state index < -0.39 is 0 Å². The summed E-state index contributed by atoms with van der Waals surface area (Å²) in [5, 5.41) is 4.81. The fraction of sp³-hybridized carbons (Fsp3) is 0.429. The summed E-state index contributed by atoms with van der Waals surface area (Å²) < 4.78 is 0. The van der Waals surface area contributed by atoms with Crippen LogP contribution in [0.5, 0.6) is 0 Å². The minimum absolute atomic E-state index is 0.0746. The van der Waals surface area contributed by atoms with Gasteiger partial charge in [-0.1, -0.05) is 47.8 Å². The molecule has 0 aliphatic rings. The standard InChI is InChI=1S/C14H16Cl3N/c1-4-6-10(5-2)18-9(3)11-7-8-12(15)14(17)13(11)16/h1,7-10,18H,5-6H2,2-3H3. The zero-order chi connectivity index (χ0) is 13.7. The van der Waals surface area contributed by atoms with E-state index in [9.17, 15) is 0 Å². The van der Waals surface area contributed by atoms with Gasteiger partial charge >= 0.3 is 0 Å². The minimum Gasteiger partial charge on any atom is -0.306 e. The molecule has 98 valence electrons. The van der Waals surface area contributed by atoms with E-state index in [4.69, 9.17) is 41.2 Å². The van der Waals surface area contributed by atoms with Gasteiger partial charge in [0.15, 0.2) is 0 Å². The van der Waals surface area contributed by atoms with Gasteiger partial charge < -0.3 is 5.32 Å². The van der Waals surface area contributed by atoms with E-state index in [-0.39, 0.29) is 12.1 Å². The Balaban J connectivity index is 2.88. The highest BCUT2D eigenvalue weighted by atomic mass is 35.5. The van der Waals surface area contributed by atoms with Gasteiger partial charge in [0.1, 0.15) is 0 Å². The highest BCUT2D eigenvalue weighted by Gasteiger charge is 2.16. The zero-order valence-corrected chi connectivity index (χ0v) is 12.7. The van der Waals surface area contributed by atoms with Gasteiger partial charge in [-0.15, -0.1) is 12.3 Å².